The van der Waals surface area contributed by atoms with Crippen molar-refractivity contribution in [3.8, 4) is 11.5 Å². The average molecular weight is 442 g/mol. The number of nitrogens with one attached hydrogen (secondary N) is 2. The van der Waals surface area contributed by atoms with Gasteiger partial charge in [0.25, 0.3) is 0 Å². The molecule has 0 spiro atoms. The van der Waals surface area contributed by atoms with Crippen LogP contribution in [0.5, 0.6) is 0 Å². The number of rotatable bonds is 7. The molecule has 6 nitrogen and oxygen atoms in total. The molecular weight excluding hydrogens is 422 g/mol. The monoisotopic (exact) mass is 441 g/mol. The number of amides is 2. The van der Waals surface area contributed by atoms with Gasteiger partial charge < -0.3 is 15.1 Å². The summed E-state index contributed by atoms with van der Waals surface area (Å²) in [5, 5.41) is 5.58. The van der Waals surface area contributed by atoms with E-state index in [1.54, 1.807) is 0 Å². The van der Waals surface area contributed by atoms with Gasteiger partial charge in [-0.1, -0.05) is 40.2 Å². The van der Waals surface area contributed by atoms with Crippen LogP contribution in [0, 0.1) is 6.92 Å². The highest BCUT2D eigenvalue weighted by Crippen LogP contribution is 2.21. The zero-order chi connectivity index (χ0) is 19.9. The van der Waals surface area contributed by atoms with Crippen molar-refractivity contribution in [1.29, 1.82) is 0 Å². The molecule has 2 N–H and O–H groups in total. The van der Waals surface area contributed by atoms with Crippen molar-refractivity contribution in [2.45, 2.75) is 19.8 Å². The van der Waals surface area contributed by atoms with Gasteiger partial charge in [-0.05, 0) is 36.8 Å². The zero-order valence-corrected chi connectivity index (χ0v) is 17.0. The van der Waals surface area contributed by atoms with E-state index in [0.29, 0.717) is 11.6 Å². The first-order chi connectivity index (χ1) is 13.5. The summed E-state index contributed by atoms with van der Waals surface area (Å²) in [6.45, 7) is 2.17. The van der Waals surface area contributed by atoms with Gasteiger partial charge in [0, 0.05) is 28.7 Å². The molecule has 1 heterocycles. The normalized spacial score (nSPS) is 10.5. The van der Waals surface area contributed by atoms with Crippen molar-refractivity contribution >= 4 is 33.4 Å². The SMILES string of the molecule is Cc1ccc(Br)cc1NC(=O)CCNC(=O)Cc1coc(-c2ccccc2)n1. The summed E-state index contributed by atoms with van der Waals surface area (Å²) in [5.74, 6) is 0.112. The van der Waals surface area contributed by atoms with E-state index in [2.05, 4.69) is 31.5 Å². The number of oxazole rings is 1. The van der Waals surface area contributed by atoms with E-state index in [9.17, 15) is 9.59 Å². The van der Waals surface area contributed by atoms with Crippen LogP contribution in [0.4, 0.5) is 5.69 Å². The molecule has 0 bridgehead atoms. The quantitative estimate of drug-likeness (QED) is 0.577. The number of hydrogen-bond acceptors (Lipinski definition) is 4. The Morgan fingerprint density at radius 3 is 2.68 bits per heavy atom. The molecule has 3 aromatic rings. The van der Waals surface area contributed by atoms with Gasteiger partial charge in [0.05, 0.1) is 12.1 Å². The molecule has 2 amide bonds. The Labute approximate surface area is 171 Å². The average Bonchev–Trinajstić information content (AvgIpc) is 3.14. The van der Waals surface area contributed by atoms with Gasteiger partial charge in [-0.2, -0.15) is 0 Å². The number of anilines is 1. The molecule has 3 rings (SSSR count). The Morgan fingerprint density at radius 2 is 1.89 bits per heavy atom. The number of halogens is 1. The molecule has 28 heavy (non-hydrogen) atoms. The summed E-state index contributed by atoms with van der Waals surface area (Å²) < 4.78 is 6.32. The highest BCUT2D eigenvalue weighted by atomic mass is 79.9. The number of hydrogen-bond donors (Lipinski definition) is 2. The lowest BCUT2D eigenvalue weighted by molar-refractivity contribution is -0.120. The number of carbonyl (C=O) groups excluding carboxylic acids is 2. The van der Waals surface area contributed by atoms with Gasteiger partial charge >= 0.3 is 0 Å². The molecule has 7 heteroatoms. The molecule has 0 saturated heterocycles. The van der Waals surface area contributed by atoms with Crippen molar-refractivity contribution in [3.63, 3.8) is 0 Å². The van der Waals surface area contributed by atoms with E-state index < -0.39 is 0 Å². The van der Waals surface area contributed by atoms with E-state index in [1.807, 2.05) is 55.5 Å². The highest BCUT2D eigenvalue weighted by molar-refractivity contribution is 9.10. The van der Waals surface area contributed by atoms with Crippen LogP contribution in [0.1, 0.15) is 17.7 Å². The molecule has 0 aliphatic heterocycles. The van der Waals surface area contributed by atoms with E-state index in [-0.39, 0.29) is 31.2 Å². The lowest BCUT2D eigenvalue weighted by Crippen LogP contribution is -2.29. The fraction of sp³-hybridized carbons (Fsp3) is 0.190. The Balaban J connectivity index is 1.44. The molecule has 2 aromatic carbocycles. The second-order valence-electron chi connectivity index (χ2n) is 6.29. The molecule has 0 saturated carbocycles. The second kappa shape index (κ2) is 9.32. The number of aryl methyl sites for hydroxylation is 1. The number of carbonyl (C=O) groups is 2. The summed E-state index contributed by atoms with van der Waals surface area (Å²) in [7, 11) is 0. The molecule has 0 unspecified atom stereocenters. The van der Waals surface area contributed by atoms with Crippen LogP contribution in [-0.4, -0.2) is 23.3 Å². The number of aromatic nitrogens is 1. The largest absolute Gasteiger partial charge is 0.444 e. The Kier molecular flexibility index (Phi) is 6.60. The number of nitrogens with zero attached hydrogens (tertiary/aromatic N) is 1. The topological polar surface area (TPSA) is 84.2 Å². The molecule has 1 aromatic heterocycles. The predicted molar refractivity (Wildman–Crippen MR) is 111 cm³/mol. The van der Waals surface area contributed by atoms with Crippen molar-refractivity contribution in [1.82, 2.24) is 10.3 Å². The molecule has 0 atom stereocenters. The third-order valence-corrected chi connectivity index (χ3v) is 4.56. The van der Waals surface area contributed by atoms with Crippen LogP contribution in [0.2, 0.25) is 0 Å². The van der Waals surface area contributed by atoms with E-state index >= 15 is 0 Å². The Hall–Kier alpha value is -2.93. The van der Waals surface area contributed by atoms with Crippen molar-refractivity contribution in [2.24, 2.45) is 0 Å². The van der Waals surface area contributed by atoms with Crippen LogP contribution in [0.3, 0.4) is 0 Å². The number of benzene rings is 2. The molecule has 0 radical (unpaired) electrons. The smallest absolute Gasteiger partial charge is 0.226 e. The minimum absolute atomic E-state index is 0.0999. The predicted octanol–water partition coefficient (Wildman–Crippen LogP) is 4.10. The van der Waals surface area contributed by atoms with Gasteiger partial charge in [-0.15, -0.1) is 0 Å². The molecule has 144 valence electrons. The lowest BCUT2D eigenvalue weighted by Gasteiger charge is -2.09. The summed E-state index contributed by atoms with van der Waals surface area (Å²) in [6.07, 6.45) is 1.76. The summed E-state index contributed by atoms with van der Waals surface area (Å²) in [6, 6.07) is 15.2. The summed E-state index contributed by atoms with van der Waals surface area (Å²) in [5.41, 5.74) is 3.13. The molecule has 0 aliphatic rings. The third kappa shape index (κ3) is 5.53. The zero-order valence-electron chi connectivity index (χ0n) is 15.4. The van der Waals surface area contributed by atoms with E-state index in [0.717, 1.165) is 21.3 Å². The Morgan fingerprint density at radius 1 is 1.11 bits per heavy atom. The van der Waals surface area contributed by atoms with Gasteiger partial charge in [0.1, 0.15) is 6.26 Å². The van der Waals surface area contributed by atoms with Crippen molar-refractivity contribution < 1.29 is 14.0 Å². The van der Waals surface area contributed by atoms with Gasteiger partial charge in [0.2, 0.25) is 17.7 Å². The van der Waals surface area contributed by atoms with Crippen LogP contribution in [0.25, 0.3) is 11.5 Å². The first-order valence-corrected chi connectivity index (χ1v) is 9.63. The van der Waals surface area contributed by atoms with Crippen LogP contribution in [-0.2, 0) is 16.0 Å². The van der Waals surface area contributed by atoms with Gasteiger partial charge in [0.15, 0.2) is 0 Å². The van der Waals surface area contributed by atoms with E-state index in [4.69, 9.17) is 4.42 Å². The fourth-order valence-electron chi connectivity index (χ4n) is 2.59. The van der Waals surface area contributed by atoms with E-state index in [1.165, 1.54) is 6.26 Å². The maximum Gasteiger partial charge on any atom is 0.226 e. The minimum atomic E-state index is -0.209. The Bertz CT molecular complexity index is 970. The minimum Gasteiger partial charge on any atom is -0.444 e. The first kappa shape index (κ1) is 19.8. The van der Waals surface area contributed by atoms with Gasteiger partial charge in [-0.25, -0.2) is 4.98 Å². The van der Waals surface area contributed by atoms with Crippen LogP contribution < -0.4 is 10.6 Å². The van der Waals surface area contributed by atoms with Crippen molar-refractivity contribution in [2.75, 3.05) is 11.9 Å². The lowest BCUT2D eigenvalue weighted by atomic mass is 10.2. The van der Waals surface area contributed by atoms with Gasteiger partial charge in [-0.3, -0.25) is 9.59 Å². The third-order valence-electron chi connectivity index (χ3n) is 4.06. The first-order valence-electron chi connectivity index (χ1n) is 8.84. The second-order valence-corrected chi connectivity index (χ2v) is 7.21. The van der Waals surface area contributed by atoms with Crippen LogP contribution in [0.15, 0.2) is 63.7 Å². The maximum atomic E-state index is 12.1. The summed E-state index contributed by atoms with van der Waals surface area (Å²) in [4.78, 5) is 28.5. The fourth-order valence-corrected chi connectivity index (χ4v) is 2.95. The molecule has 0 fully saturated rings. The van der Waals surface area contributed by atoms with Crippen LogP contribution >= 0.6 is 15.9 Å². The standard InChI is InChI=1S/C21H20BrN3O3/c1-14-7-8-16(22)11-18(14)25-19(26)9-10-23-20(27)12-17-13-28-21(24-17)15-5-3-2-4-6-15/h2-8,11,13H,9-10,12H2,1H3,(H,23,27)(H,25,26). The molecule has 0 aliphatic carbocycles. The highest BCUT2D eigenvalue weighted by Gasteiger charge is 2.11. The summed E-state index contributed by atoms with van der Waals surface area (Å²) >= 11 is 3.38. The van der Waals surface area contributed by atoms with Crippen molar-refractivity contribution in [3.05, 3.63) is 70.5 Å². The molecular formula is C21H20BrN3O3. The maximum absolute atomic E-state index is 12.1.